The molecule has 1 rings (SSSR count). The van der Waals surface area contributed by atoms with Crippen LogP contribution in [0, 0.1) is 17.5 Å². The Morgan fingerprint density at radius 2 is 1.67 bits per heavy atom. The van der Waals surface area contributed by atoms with Gasteiger partial charge in [-0.3, -0.25) is 0 Å². The zero-order valence-electron chi connectivity index (χ0n) is 8.70. The standard InChI is InChI=1S/C9H11BF3OP/c1-3(2)14-8-4(10)5(11)6(12)9(15)7(8)13/h3H,10,15H2,1-2H3. The number of benzene rings is 1. The minimum atomic E-state index is -1.19. The molecule has 0 spiro atoms. The third-order valence-electron chi connectivity index (χ3n) is 1.89. The average molecular weight is 234 g/mol. The van der Waals surface area contributed by atoms with Crippen LogP contribution in [0.15, 0.2) is 0 Å². The average Bonchev–Trinajstić information content (AvgIpc) is 2.18. The summed E-state index contributed by atoms with van der Waals surface area (Å²) in [7, 11) is 3.11. The molecule has 0 bridgehead atoms. The first-order valence-corrected chi connectivity index (χ1v) is 5.03. The maximum atomic E-state index is 13.5. The van der Waals surface area contributed by atoms with Crippen LogP contribution in [0.5, 0.6) is 5.75 Å². The largest absolute Gasteiger partial charge is 0.488 e. The van der Waals surface area contributed by atoms with Crippen molar-refractivity contribution >= 4 is 27.9 Å². The summed E-state index contributed by atoms with van der Waals surface area (Å²) >= 11 is 0. The highest BCUT2D eigenvalue weighted by Gasteiger charge is 2.21. The summed E-state index contributed by atoms with van der Waals surface area (Å²) < 4.78 is 44.9. The zero-order chi connectivity index (χ0) is 11.7. The van der Waals surface area contributed by atoms with E-state index in [0.717, 1.165) is 0 Å². The van der Waals surface area contributed by atoms with Gasteiger partial charge < -0.3 is 4.74 Å². The fourth-order valence-electron chi connectivity index (χ4n) is 1.14. The highest BCUT2D eigenvalue weighted by atomic mass is 31.0. The molecule has 0 aliphatic heterocycles. The Morgan fingerprint density at radius 3 is 2.13 bits per heavy atom. The van der Waals surface area contributed by atoms with E-state index in [2.05, 4.69) is 0 Å². The second-order valence-electron chi connectivity index (χ2n) is 3.48. The first kappa shape index (κ1) is 12.4. The molecule has 6 heteroatoms. The van der Waals surface area contributed by atoms with Gasteiger partial charge in [0.05, 0.1) is 6.10 Å². The molecule has 15 heavy (non-hydrogen) atoms. The predicted molar refractivity (Wildman–Crippen MR) is 59.6 cm³/mol. The quantitative estimate of drug-likeness (QED) is 0.414. The van der Waals surface area contributed by atoms with Crippen molar-refractivity contribution in [2.24, 2.45) is 0 Å². The van der Waals surface area contributed by atoms with Gasteiger partial charge in [-0.15, -0.1) is 0 Å². The topological polar surface area (TPSA) is 9.23 Å². The number of ether oxygens (including phenoxy) is 1. The predicted octanol–water partition coefficient (Wildman–Crippen LogP) is 0.650. The van der Waals surface area contributed by atoms with Gasteiger partial charge in [0.25, 0.3) is 0 Å². The Labute approximate surface area is 89.6 Å². The molecule has 1 unspecified atom stereocenters. The Bertz CT molecular complexity index is 366. The van der Waals surface area contributed by atoms with Crippen molar-refractivity contribution in [3.63, 3.8) is 0 Å². The van der Waals surface area contributed by atoms with E-state index < -0.39 is 22.8 Å². The molecule has 82 valence electrons. The van der Waals surface area contributed by atoms with E-state index in [9.17, 15) is 13.2 Å². The van der Waals surface area contributed by atoms with Crippen LogP contribution in [-0.2, 0) is 0 Å². The third kappa shape index (κ3) is 2.28. The summed E-state index contributed by atoms with van der Waals surface area (Å²) in [6.07, 6.45) is -0.299. The number of hydrogen-bond acceptors (Lipinski definition) is 1. The van der Waals surface area contributed by atoms with Gasteiger partial charge in [0.2, 0.25) is 0 Å². The van der Waals surface area contributed by atoms with Crippen molar-refractivity contribution < 1.29 is 17.9 Å². The molecule has 0 saturated heterocycles. The SMILES string of the molecule is Bc1c(F)c(F)c(P)c(F)c1OC(C)C. The maximum Gasteiger partial charge on any atom is 0.174 e. The Balaban J connectivity index is 3.39. The minimum Gasteiger partial charge on any atom is -0.488 e. The zero-order valence-corrected chi connectivity index (χ0v) is 9.85. The van der Waals surface area contributed by atoms with E-state index in [1.165, 1.54) is 7.85 Å². The molecular weight excluding hydrogens is 223 g/mol. The minimum absolute atomic E-state index is 0.148. The van der Waals surface area contributed by atoms with Gasteiger partial charge >= 0.3 is 0 Å². The van der Waals surface area contributed by atoms with E-state index in [4.69, 9.17) is 4.74 Å². The van der Waals surface area contributed by atoms with E-state index in [1.54, 1.807) is 13.8 Å². The lowest BCUT2D eigenvalue weighted by Crippen LogP contribution is -2.26. The van der Waals surface area contributed by atoms with Gasteiger partial charge in [0, 0.05) is 5.30 Å². The molecular formula is C9H11BF3OP. The Hall–Kier alpha value is -0.695. The van der Waals surface area contributed by atoms with Crippen LogP contribution >= 0.6 is 9.24 Å². The lowest BCUT2D eigenvalue weighted by Gasteiger charge is -2.15. The van der Waals surface area contributed by atoms with E-state index in [1.807, 2.05) is 9.24 Å². The van der Waals surface area contributed by atoms with Gasteiger partial charge in [-0.1, -0.05) is 9.24 Å². The summed E-state index contributed by atoms with van der Waals surface area (Å²) in [5.41, 5.74) is -0.148. The van der Waals surface area contributed by atoms with Crippen molar-refractivity contribution in [3.8, 4) is 5.75 Å². The maximum absolute atomic E-state index is 13.5. The molecule has 0 aliphatic carbocycles. The van der Waals surface area contributed by atoms with Crippen LogP contribution in [0.1, 0.15) is 13.8 Å². The summed E-state index contributed by atoms with van der Waals surface area (Å²) in [4.78, 5) is 0. The molecule has 1 aromatic carbocycles. The van der Waals surface area contributed by atoms with Crippen LogP contribution in [0.4, 0.5) is 13.2 Å². The molecule has 1 aromatic rings. The Morgan fingerprint density at radius 1 is 1.13 bits per heavy atom. The highest BCUT2D eigenvalue weighted by Crippen LogP contribution is 2.19. The first-order chi connectivity index (χ1) is 6.86. The summed E-state index contributed by atoms with van der Waals surface area (Å²) in [6, 6.07) is 0. The fourth-order valence-corrected chi connectivity index (χ4v) is 1.40. The lowest BCUT2D eigenvalue weighted by atomic mass is 9.93. The van der Waals surface area contributed by atoms with Crippen molar-refractivity contribution in [2.75, 3.05) is 0 Å². The highest BCUT2D eigenvalue weighted by molar-refractivity contribution is 7.27. The Kier molecular flexibility index (Phi) is 3.66. The summed E-state index contributed by atoms with van der Waals surface area (Å²) in [5.74, 6) is -3.36. The summed E-state index contributed by atoms with van der Waals surface area (Å²) in [5, 5.41) is -0.436. The van der Waals surface area contributed by atoms with E-state index in [-0.39, 0.29) is 17.3 Å². The molecule has 1 atom stereocenters. The lowest BCUT2D eigenvalue weighted by molar-refractivity contribution is 0.232. The number of halogens is 3. The van der Waals surface area contributed by atoms with Crippen LogP contribution < -0.4 is 15.5 Å². The smallest absolute Gasteiger partial charge is 0.174 e. The van der Waals surface area contributed by atoms with Gasteiger partial charge in [0.1, 0.15) is 7.85 Å². The molecule has 0 fully saturated rings. The number of hydrogen-bond donors (Lipinski definition) is 0. The summed E-state index contributed by atoms with van der Waals surface area (Å²) in [6.45, 7) is 3.37. The molecule has 0 aromatic heterocycles. The van der Waals surface area contributed by atoms with Crippen molar-refractivity contribution in [2.45, 2.75) is 20.0 Å². The van der Waals surface area contributed by atoms with Gasteiger partial charge in [-0.25, -0.2) is 13.2 Å². The molecule has 0 radical (unpaired) electrons. The van der Waals surface area contributed by atoms with Crippen LogP contribution in [0.25, 0.3) is 0 Å². The molecule has 0 amide bonds. The molecule has 0 N–H and O–H groups in total. The van der Waals surface area contributed by atoms with Crippen molar-refractivity contribution in [1.82, 2.24) is 0 Å². The van der Waals surface area contributed by atoms with Crippen LogP contribution in [-0.4, -0.2) is 14.0 Å². The van der Waals surface area contributed by atoms with E-state index in [0.29, 0.717) is 0 Å². The first-order valence-electron chi connectivity index (χ1n) is 4.45. The normalized spacial score (nSPS) is 10.9. The molecule has 0 saturated carbocycles. The van der Waals surface area contributed by atoms with Crippen molar-refractivity contribution in [3.05, 3.63) is 17.5 Å². The second kappa shape index (κ2) is 4.44. The van der Waals surface area contributed by atoms with Gasteiger partial charge in [-0.05, 0) is 19.3 Å². The van der Waals surface area contributed by atoms with Gasteiger partial charge in [-0.2, -0.15) is 0 Å². The molecule has 0 heterocycles. The number of rotatable bonds is 2. The molecule has 1 nitrogen and oxygen atoms in total. The second-order valence-corrected chi connectivity index (χ2v) is 4.05. The fraction of sp³-hybridized carbons (Fsp3) is 0.333. The van der Waals surface area contributed by atoms with Crippen LogP contribution in [0.3, 0.4) is 0 Å². The van der Waals surface area contributed by atoms with Crippen LogP contribution in [0.2, 0.25) is 0 Å². The molecule has 0 aliphatic rings. The third-order valence-corrected chi connectivity index (χ3v) is 2.40. The van der Waals surface area contributed by atoms with Gasteiger partial charge in [0.15, 0.2) is 23.2 Å². The van der Waals surface area contributed by atoms with E-state index >= 15 is 0 Å². The monoisotopic (exact) mass is 234 g/mol. The van der Waals surface area contributed by atoms with Crippen molar-refractivity contribution in [1.29, 1.82) is 0 Å².